The molecule has 2 N–H and O–H groups in total. The van der Waals surface area contributed by atoms with E-state index in [0.717, 1.165) is 22.8 Å². The molecule has 2 aromatic heterocycles. The highest BCUT2D eigenvalue weighted by atomic mass is 16.1. The molecule has 0 aliphatic heterocycles. The largest absolute Gasteiger partial charge is 0.346 e. The van der Waals surface area contributed by atoms with Crippen molar-refractivity contribution in [3.8, 4) is 5.69 Å². The molecule has 0 fully saturated rings. The molecule has 0 atom stereocenters. The number of carbonyl (C=O) groups is 1. The Morgan fingerprint density at radius 1 is 1.32 bits per heavy atom. The molecule has 6 heteroatoms. The first kappa shape index (κ1) is 14.1. The molecule has 0 saturated heterocycles. The number of hydrogen-bond donors (Lipinski definition) is 2. The highest BCUT2D eigenvalue weighted by Gasteiger charge is 2.11. The first-order valence-electron chi connectivity index (χ1n) is 7.03. The summed E-state index contributed by atoms with van der Waals surface area (Å²) in [7, 11) is 0. The van der Waals surface area contributed by atoms with Crippen LogP contribution in [0.25, 0.3) is 5.69 Å². The van der Waals surface area contributed by atoms with E-state index in [1.165, 1.54) is 0 Å². The van der Waals surface area contributed by atoms with Gasteiger partial charge in [-0.25, -0.2) is 4.98 Å². The van der Waals surface area contributed by atoms with Gasteiger partial charge in [-0.05, 0) is 31.5 Å². The molecular formula is C16H17N5O. The molecule has 6 nitrogen and oxygen atoms in total. The fourth-order valence-electron chi connectivity index (χ4n) is 2.33. The van der Waals surface area contributed by atoms with Gasteiger partial charge < -0.3 is 9.88 Å². The molecule has 1 aromatic carbocycles. The minimum Gasteiger partial charge on any atom is -0.346 e. The van der Waals surface area contributed by atoms with Gasteiger partial charge in [0.2, 0.25) is 0 Å². The number of rotatable bonds is 4. The fraction of sp³-hybridized carbons (Fsp3) is 0.188. The molecule has 3 rings (SSSR count). The Kier molecular flexibility index (Phi) is 3.74. The highest BCUT2D eigenvalue weighted by Crippen LogP contribution is 2.16. The van der Waals surface area contributed by atoms with Gasteiger partial charge in [-0.3, -0.25) is 9.89 Å². The van der Waals surface area contributed by atoms with Crippen molar-refractivity contribution in [3.63, 3.8) is 0 Å². The monoisotopic (exact) mass is 295 g/mol. The van der Waals surface area contributed by atoms with Crippen LogP contribution in [0.1, 0.15) is 27.6 Å². The summed E-state index contributed by atoms with van der Waals surface area (Å²) < 4.78 is 2.00. The molecule has 0 saturated carbocycles. The van der Waals surface area contributed by atoms with Gasteiger partial charge in [0, 0.05) is 24.6 Å². The van der Waals surface area contributed by atoms with E-state index in [4.69, 9.17) is 0 Å². The summed E-state index contributed by atoms with van der Waals surface area (Å²) in [5.74, 6) is 0.711. The van der Waals surface area contributed by atoms with Crippen molar-refractivity contribution < 1.29 is 4.79 Å². The average Bonchev–Trinajstić information content (AvgIpc) is 3.14. The summed E-state index contributed by atoms with van der Waals surface area (Å²) in [4.78, 5) is 16.3. The van der Waals surface area contributed by atoms with E-state index in [9.17, 15) is 4.79 Å². The SMILES string of the molecule is Cc1cc(C(=O)NCc2ccccc2-n2ccnc2C)n[nH]1. The van der Waals surface area contributed by atoms with Gasteiger partial charge in [-0.2, -0.15) is 5.10 Å². The molecule has 0 radical (unpaired) electrons. The molecule has 1 amide bonds. The molecular weight excluding hydrogens is 278 g/mol. The second-order valence-corrected chi connectivity index (χ2v) is 5.09. The number of aryl methyl sites for hydroxylation is 2. The molecule has 112 valence electrons. The van der Waals surface area contributed by atoms with Gasteiger partial charge in [0.25, 0.3) is 5.91 Å². The van der Waals surface area contributed by atoms with Crippen LogP contribution in [-0.4, -0.2) is 25.7 Å². The zero-order valence-corrected chi connectivity index (χ0v) is 12.5. The second kappa shape index (κ2) is 5.85. The highest BCUT2D eigenvalue weighted by molar-refractivity contribution is 5.92. The Balaban J connectivity index is 1.79. The lowest BCUT2D eigenvalue weighted by atomic mass is 10.1. The van der Waals surface area contributed by atoms with Crippen LogP contribution in [0, 0.1) is 13.8 Å². The molecule has 0 unspecified atom stereocenters. The zero-order chi connectivity index (χ0) is 15.5. The van der Waals surface area contributed by atoms with E-state index >= 15 is 0 Å². The molecule has 3 aromatic rings. The number of aromatic nitrogens is 4. The summed E-state index contributed by atoms with van der Waals surface area (Å²) in [5.41, 5.74) is 3.29. The van der Waals surface area contributed by atoms with Gasteiger partial charge in [0.05, 0.1) is 5.69 Å². The Labute approximate surface area is 128 Å². The number of carbonyl (C=O) groups excluding carboxylic acids is 1. The molecule has 0 aliphatic rings. The van der Waals surface area contributed by atoms with Crippen molar-refractivity contribution in [2.75, 3.05) is 0 Å². The van der Waals surface area contributed by atoms with E-state index in [0.29, 0.717) is 12.2 Å². The molecule has 22 heavy (non-hydrogen) atoms. The number of imidazole rings is 1. The smallest absolute Gasteiger partial charge is 0.272 e. The summed E-state index contributed by atoms with van der Waals surface area (Å²) in [6.45, 7) is 4.24. The topological polar surface area (TPSA) is 75.6 Å². The van der Waals surface area contributed by atoms with Crippen LogP contribution in [0.5, 0.6) is 0 Å². The second-order valence-electron chi connectivity index (χ2n) is 5.09. The van der Waals surface area contributed by atoms with Gasteiger partial charge in [0.1, 0.15) is 11.5 Å². The van der Waals surface area contributed by atoms with E-state index < -0.39 is 0 Å². The maximum atomic E-state index is 12.1. The van der Waals surface area contributed by atoms with Crippen LogP contribution < -0.4 is 5.32 Å². The van der Waals surface area contributed by atoms with Crippen LogP contribution >= 0.6 is 0 Å². The van der Waals surface area contributed by atoms with Gasteiger partial charge in [-0.15, -0.1) is 0 Å². The summed E-state index contributed by atoms with van der Waals surface area (Å²) >= 11 is 0. The number of aromatic amines is 1. The predicted molar refractivity (Wildman–Crippen MR) is 82.8 cm³/mol. The third-order valence-corrected chi connectivity index (χ3v) is 3.45. The normalized spacial score (nSPS) is 10.6. The fourth-order valence-corrected chi connectivity index (χ4v) is 2.33. The number of amides is 1. The predicted octanol–water partition coefficient (Wildman–Crippen LogP) is 2.14. The standard InChI is InChI=1S/C16H17N5O/c1-11-9-14(20-19-11)16(22)18-10-13-5-3-4-6-15(13)21-8-7-17-12(21)2/h3-9H,10H2,1-2H3,(H,18,22)(H,19,20). The Hall–Kier alpha value is -2.89. The maximum absolute atomic E-state index is 12.1. The Bertz CT molecular complexity index is 802. The van der Waals surface area contributed by atoms with Gasteiger partial charge in [0.15, 0.2) is 0 Å². The molecule has 2 heterocycles. The van der Waals surface area contributed by atoms with E-state index in [1.54, 1.807) is 12.3 Å². The van der Waals surface area contributed by atoms with Crippen molar-refractivity contribution in [2.45, 2.75) is 20.4 Å². The van der Waals surface area contributed by atoms with Crippen LogP contribution in [-0.2, 0) is 6.54 Å². The average molecular weight is 295 g/mol. The molecule has 0 aliphatic carbocycles. The van der Waals surface area contributed by atoms with Crippen LogP contribution in [0.15, 0.2) is 42.7 Å². The Morgan fingerprint density at radius 2 is 2.14 bits per heavy atom. The number of benzene rings is 1. The third kappa shape index (κ3) is 2.76. The van der Waals surface area contributed by atoms with Gasteiger partial charge in [-0.1, -0.05) is 18.2 Å². The van der Waals surface area contributed by atoms with E-state index in [2.05, 4.69) is 20.5 Å². The number of H-pyrrole nitrogens is 1. The lowest BCUT2D eigenvalue weighted by Crippen LogP contribution is -2.24. The summed E-state index contributed by atoms with van der Waals surface area (Å²) in [6.07, 6.45) is 3.67. The van der Waals surface area contributed by atoms with Gasteiger partial charge >= 0.3 is 0 Å². The van der Waals surface area contributed by atoms with E-state index in [1.807, 2.05) is 48.9 Å². The molecule has 0 spiro atoms. The number of para-hydroxylation sites is 1. The number of nitrogens with zero attached hydrogens (tertiary/aromatic N) is 3. The van der Waals surface area contributed by atoms with Crippen molar-refractivity contribution in [1.29, 1.82) is 0 Å². The van der Waals surface area contributed by atoms with Crippen molar-refractivity contribution in [2.24, 2.45) is 0 Å². The Morgan fingerprint density at radius 3 is 2.82 bits per heavy atom. The van der Waals surface area contributed by atoms with Crippen molar-refractivity contribution in [1.82, 2.24) is 25.1 Å². The van der Waals surface area contributed by atoms with Crippen LogP contribution in [0.4, 0.5) is 0 Å². The van der Waals surface area contributed by atoms with Crippen molar-refractivity contribution >= 4 is 5.91 Å². The van der Waals surface area contributed by atoms with Crippen molar-refractivity contribution in [3.05, 3.63) is 65.5 Å². The first-order chi connectivity index (χ1) is 10.6. The maximum Gasteiger partial charge on any atom is 0.272 e. The molecule has 0 bridgehead atoms. The quantitative estimate of drug-likeness (QED) is 0.774. The lowest BCUT2D eigenvalue weighted by molar-refractivity contribution is 0.0946. The van der Waals surface area contributed by atoms with E-state index in [-0.39, 0.29) is 5.91 Å². The minimum atomic E-state index is -0.193. The summed E-state index contributed by atoms with van der Waals surface area (Å²) in [6, 6.07) is 9.65. The van der Waals surface area contributed by atoms with Crippen LogP contribution in [0.2, 0.25) is 0 Å². The lowest BCUT2D eigenvalue weighted by Gasteiger charge is -2.12. The third-order valence-electron chi connectivity index (χ3n) is 3.45. The number of hydrogen-bond acceptors (Lipinski definition) is 3. The number of nitrogens with one attached hydrogen (secondary N) is 2. The zero-order valence-electron chi connectivity index (χ0n) is 12.5. The first-order valence-corrected chi connectivity index (χ1v) is 7.03. The van der Waals surface area contributed by atoms with Crippen LogP contribution in [0.3, 0.4) is 0 Å². The minimum absolute atomic E-state index is 0.193. The summed E-state index contributed by atoms with van der Waals surface area (Å²) in [5, 5.41) is 9.62.